The Morgan fingerprint density at radius 1 is 0.947 bits per heavy atom. The van der Waals surface area contributed by atoms with Gasteiger partial charge in [0.2, 0.25) is 5.91 Å². The van der Waals surface area contributed by atoms with Gasteiger partial charge in [0, 0.05) is 30.0 Å². The van der Waals surface area contributed by atoms with Crippen LogP contribution in [0.4, 0.5) is 5.69 Å². The lowest BCUT2D eigenvalue weighted by Gasteiger charge is -2.16. The minimum atomic E-state index is -0.419. The molecule has 0 fully saturated rings. The van der Waals surface area contributed by atoms with Crippen molar-refractivity contribution in [3.05, 3.63) is 76.1 Å². The number of aromatic nitrogens is 3. The molecule has 3 aromatic rings. The van der Waals surface area contributed by atoms with Gasteiger partial charge in [-0.3, -0.25) is 19.5 Å². The molecular weight excluding hydrogens is 498 g/mol. The van der Waals surface area contributed by atoms with Gasteiger partial charge in [0.15, 0.2) is 11.0 Å². The van der Waals surface area contributed by atoms with Gasteiger partial charge in [-0.15, -0.1) is 10.2 Å². The van der Waals surface area contributed by atoms with Gasteiger partial charge in [-0.1, -0.05) is 100 Å². The lowest BCUT2D eigenvalue weighted by Crippen LogP contribution is -2.28. The molecule has 1 amide bonds. The number of nitrogens with zero attached hydrogens (tertiary/aromatic N) is 4. The van der Waals surface area contributed by atoms with E-state index in [4.69, 9.17) is 0 Å². The molecule has 0 saturated carbocycles. The van der Waals surface area contributed by atoms with Crippen LogP contribution in [0.3, 0.4) is 0 Å². The largest absolute Gasteiger partial charge is 0.346 e. The van der Waals surface area contributed by atoms with E-state index in [1.54, 1.807) is 12.1 Å². The van der Waals surface area contributed by atoms with Gasteiger partial charge < -0.3 is 5.32 Å². The van der Waals surface area contributed by atoms with E-state index < -0.39 is 4.92 Å². The van der Waals surface area contributed by atoms with Gasteiger partial charge in [0.1, 0.15) is 0 Å². The van der Waals surface area contributed by atoms with Gasteiger partial charge >= 0.3 is 0 Å². The molecule has 1 N–H and O–H groups in total. The molecule has 0 radical (unpaired) electrons. The quantitative estimate of drug-likeness (QED) is 0.0824. The summed E-state index contributed by atoms with van der Waals surface area (Å²) in [6.45, 7) is 4.13. The van der Waals surface area contributed by atoms with Crippen LogP contribution in [0.1, 0.15) is 95.5 Å². The van der Waals surface area contributed by atoms with Gasteiger partial charge in [-0.25, -0.2) is 0 Å². The average molecular weight is 538 g/mol. The molecule has 1 atom stereocenters. The number of thioether (sulfide) groups is 1. The Balaban J connectivity index is 1.61. The Morgan fingerprint density at radius 3 is 2.21 bits per heavy atom. The Hall–Kier alpha value is -3.20. The van der Waals surface area contributed by atoms with E-state index in [0.29, 0.717) is 28.8 Å². The van der Waals surface area contributed by atoms with E-state index in [1.165, 1.54) is 68.8 Å². The number of unbranched alkanes of at least 4 members (excludes halogenated alkanes) is 8. The fourth-order valence-corrected chi connectivity index (χ4v) is 5.23. The predicted octanol–water partition coefficient (Wildman–Crippen LogP) is 7.57. The molecule has 1 aromatic heterocycles. The monoisotopic (exact) mass is 537 g/mol. The molecule has 0 aliphatic rings. The highest BCUT2D eigenvalue weighted by molar-refractivity contribution is 7.98. The summed E-state index contributed by atoms with van der Waals surface area (Å²) < 4.78 is 1.88. The Morgan fingerprint density at radius 2 is 1.58 bits per heavy atom. The van der Waals surface area contributed by atoms with Crippen LogP contribution >= 0.6 is 11.8 Å². The van der Waals surface area contributed by atoms with Gasteiger partial charge in [0.05, 0.1) is 11.0 Å². The van der Waals surface area contributed by atoms with E-state index in [1.807, 2.05) is 29.7 Å². The summed E-state index contributed by atoms with van der Waals surface area (Å²) in [5, 5.41) is 23.7. The molecule has 0 aliphatic heterocycles. The van der Waals surface area contributed by atoms with E-state index in [9.17, 15) is 14.9 Å². The molecular formula is C29H39N5O3S. The lowest BCUT2D eigenvalue weighted by atomic mass is 10.1. The maximum absolute atomic E-state index is 12.7. The Kier molecular flexibility index (Phi) is 12.3. The van der Waals surface area contributed by atoms with Crippen LogP contribution in [-0.4, -0.2) is 25.6 Å². The van der Waals surface area contributed by atoms with Gasteiger partial charge in [-0.2, -0.15) is 0 Å². The minimum absolute atomic E-state index is 0.00261. The summed E-state index contributed by atoms with van der Waals surface area (Å²) in [7, 11) is 0. The highest BCUT2D eigenvalue weighted by atomic mass is 32.2. The SMILES string of the molecule is CCCCCCCCCCCC(=O)NC(C)c1nnc(SCc2ccccc2)n1-c1ccc([N+](=O)[O-])cc1. The maximum atomic E-state index is 12.7. The van der Waals surface area contributed by atoms with Crippen molar-refractivity contribution in [1.29, 1.82) is 0 Å². The molecule has 204 valence electrons. The molecule has 9 heteroatoms. The number of hydrogen-bond donors (Lipinski definition) is 1. The number of hydrogen-bond acceptors (Lipinski definition) is 6. The predicted molar refractivity (Wildman–Crippen MR) is 152 cm³/mol. The minimum Gasteiger partial charge on any atom is -0.346 e. The highest BCUT2D eigenvalue weighted by Crippen LogP contribution is 2.28. The number of carbonyl (C=O) groups is 1. The topological polar surface area (TPSA) is 103 Å². The van der Waals surface area contributed by atoms with E-state index in [0.717, 1.165) is 18.4 Å². The van der Waals surface area contributed by atoms with Crippen molar-refractivity contribution in [2.75, 3.05) is 0 Å². The number of nitro benzene ring substituents is 1. The van der Waals surface area contributed by atoms with Crippen LogP contribution in [0.2, 0.25) is 0 Å². The fourth-order valence-electron chi connectivity index (χ4n) is 4.32. The standard InChI is InChI=1S/C29H39N5O3S/c1-3-4-5-6-7-8-9-10-14-17-27(35)30-23(2)28-31-32-29(38-22-24-15-12-11-13-16-24)33(28)25-18-20-26(21-19-25)34(36)37/h11-13,15-16,18-21,23H,3-10,14,17,22H2,1-2H3,(H,30,35). The third kappa shape index (κ3) is 9.28. The van der Waals surface area contributed by atoms with Crippen molar-refractivity contribution in [1.82, 2.24) is 20.1 Å². The second kappa shape index (κ2) is 15.9. The molecule has 0 aliphatic carbocycles. The first-order valence-corrected chi connectivity index (χ1v) is 14.6. The van der Waals surface area contributed by atoms with Crippen LogP contribution in [0.25, 0.3) is 5.69 Å². The van der Waals surface area contributed by atoms with Crippen molar-refractivity contribution >= 4 is 23.4 Å². The third-order valence-electron chi connectivity index (χ3n) is 6.46. The zero-order valence-electron chi connectivity index (χ0n) is 22.5. The summed E-state index contributed by atoms with van der Waals surface area (Å²) >= 11 is 1.53. The average Bonchev–Trinajstić information content (AvgIpc) is 3.36. The number of rotatable bonds is 17. The van der Waals surface area contributed by atoms with E-state index in [-0.39, 0.29) is 17.6 Å². The van der Waals surface area contributed by atoms with E-state index in [2.05, 4.69) is 34.6 Å². The molecule has 0 saturated heterocycles. The van der Waals surface area contributed by atoms with Crippen molar-refractivity contribution in [2.45, 2.75) is 95.0 Å². The fraction of sp³-hybridized carbons (Fsp3) is 0.483. The number of nitrogens with one attached hydrogen (secondary N) is 1. The first-order valence-electron chi connectivity index (χ1n) is 13.7. The molecule has 3 rings (SSSR count). The number of nitro groups is 1. The molecule has 2 aromatic carbocycles. The number of amides is 1. The van der Waals surface area contributed by atoms with Crippen LogP contribution < -0.4 is 5.32 Å². The molecule has 8 nitrogen and oxygen atoms in total. The molecule has 38 heavy (non-hydrogen) atoms. The van der Waals surface area contributed by atoms with Crippen LogP contribution in [0.5, 0.6) is 0 Å². The molecule has 1 unspecified atom stereocenters. The van der Waals surface area contributed by atoms with E-state index >= 15 is 0 Å². The highest BCUT2D eigenvalue weighted by Gasteiger charge is 2.21. The third-order valence-corrected chi connectivity index (χ3v) is 7.46. The summed E-state index contributed by atoms with van der Waals surface area (Å²) in [6, 6.07) is 16.0. The van der Waals surface area contributed by atoms with Crippen LogP contribution in [0, 0.1) is 10.1 Å². The molecule has 0 bridgehead atoms. The van der Waals surface area contributed by atoms with Crippen molar-refractivity contribution in [3.63, 3.8) is 0 Å². The number of carbonyl (C=O) groups excluding carboxylic acids is 1. The number of benzene rings is 2. The first kappa shape index (κ1) is 29.4. The molecule has 0 spiro atoms. The Bertz CT molecular complexity index is 1130. The summed E-state index contributed by atoms with van der Waals surface area (Å²) in [5.74, 6) is 1.29. The van der Waals surface area contributed by atoms with Crippen molar-refractivity contribution in [2.24, 2.45) is 0 Å². The second-order valence-corrected chi connectivity index (χ2v) is 10.5. The zero-order chi connectivity index (χ0) is 27.2. The Labute approximate surface area is 229 Å². The van der Waals surface area contributed by atoms with Crippen molar-refractivity contribution in [3.8, 4) is 5.69 Å². The van der Waals surface area contributed by atoms with Gasteiger partial charge in [0.25, 0.3) is 5.69 Å². The zero-order valence-corrected chi connectivity index (χ0v) is 23.3. The summed E-state index contributed by atoms with van der Waals surface area (Å²) in [4.78, 5) is 23.4. The summed E-state index contributed by atoms with van der Waals surface area (Å²) in [5.41, 5.74) is 1.88. The second-order valence-electron chi connectivity index (χ2n) is 9.59. The first-order chi connectivity index (χ1) is 18.5. The van der Waals surface area contributed by atoms with Crippen LogP contribution in [0.15, 0.2) is 59.8 Å². The maximum Gasteiger partial charge on any atom is 0.269 e. The van der Waals surface area contributed by atoms with Gasteiger partial charge in [-0.05, 0) is 31.0 Å². The van der Waals surface area contributed by atoms with Crippen molar-refractivity contribution < 1.29 is 9.72 Å². The summed E-state index contributed by atoms with van der Waals surface area (Å²) in [6.07, 6.45) is 11.4. The lowest BCUT2D eigenvalue weighted by molar-refractivity contribution is -0.384. The normalized spacial score (nSPS) is 11.8. The smallest absolute Gasteiger partial charge is 0.269 e. The molecule has 1 heterocycles. The number of non-ortho nitro benzene ring substituents is 1. The van der Waals surface area contributed by atoms with Crippen LogP contribution in [-0.2, 0) is 10.5 Å².